The highest BCUT2D eigenvalue weighted by atomic mass is 32.2. The molecule has 0 spiro atoms. The molecule has 0 unspecified atom stereocenters. The predicted molar refractivity (Wildman–Crippen MR) is 99.9 cm³/mol. The van der Waals surface area contributed by atoms with Crippen molar-refractivity contribution in [3.05, 3.63) is 57.2 Å². The maximum absolute atomic E-state index is 12.8. The Morgan fingerprint density at radius 2 is 2.04 bits per heavy atom. The number of carbonyl (C=O) groups excluding carboxylic acids is 1. The van der Waals surface area contributed by atoms with Crippen LogP contribution in [0.1, 0.15) is 15.2 Å². The SMILES string of the molecule is CSc1nn(CC(=O)c2ccccc2)c2nc3sc(C)cc3c(=O)n12. The van der Waals surface area contributed by atoms with Gasteiger partial charge in [0.25, 0.3) is 5.56 Å². The maximum Gasteiger partial charge on any atom is 0.270 e. The number of aryl methyl sites for hydroxylation is 1. The van der Waals surface area contributed by atoms with Crippen LogP contribution in [0.5, 0.6) is 0 Å². The van der Waals surface area contributed by atoms with Gasteiger partial charge in [-0.25, -0.2) is 14.1 Å². The molecule has 126 valence electrons. The van der Waals surface area contributed by atoms with E-state index in [4.69, 9.17) is 0 Å². The average molecular weight is 370 g/mol. The Morgan fingerprint density at radius 1 is 1.28 bits per heavy atom. The van der Waals surface area contributed by atoms with E-state index in [0.29, 0.717) is 26.7 Å². The lowest BCUT2D eigenvalue weighted by Crippen LogP contribution is -2.17. The molecule has 4 rings (SSSR count). The number of aromatic nitrogens is 4. The molecule has 8 heteroatoms. The molecule has 0 bridgehead atoms. The molecule has 0 radical (unpaired) electrons. The molecular formula is C17H14N4O2S2. The lowest BCUT2D eigenvalue weighted by atomic mass is 10.1. The smallest absolute Gasteiger partial charge is 0.270 e. The Balaban J connectivity index is 1.89. The van der Waals surface area contributed by atoms with Crippen LogP contribution in [0.4, 0.5) is 0 Å². The molecule has 0 saturated carbocycles. The number of hydrogen-bond donors (Lipinski definition) is 0. The van der Waals surface area contributed by atoms with Gasteiger partial charge in [-0.05, 0) is 19.2 Å². The van der Waals surface area contributed by atoms with Gasteiger partial charge in [0.15, 0.2) is 10.9 Å². The minimum atomic E-state index is -0.146. The molecule has 3 aromatic heterocycles. The van der Waals surface area contributed by atoms with Gasteiger partial charge in [0.2, 0.25) is 5.78 Å². The van der Waals surface area contributed by atoms with E-state index >= 15 is 0 Å². The third-order valence-electron chi connectivity index (χ3n) is 3.87. The van der Waals surface area contributed by atoms with Crippen LogP contribution in [-0.2, 0) is 6.54 Å². The largest absolute Gasteiger partial charge is 0.292 e. The number of Topliss-reactive ketones (excluding diaryl/α,β-unsaturated/α-hetero) is 1. The van der Waals surface area contributed by atoms with Crippen molar-refractivity contribution in [2.24, 2.45) is 0 Å². The average Bonchev–Trinajstić information content (AvgIpc) is 3.16. The summed E-state index contributed by atoms with van der Waals surface area (Å²) in [5, 5.41) is 5.54. The van der Waals surface area contributed by atoms with Crippen LogP contribution >= 0.6 is 23.1 Å². The van der Waals surface area contributed by atoms with Crippen molar-refractivity contribution in [1.82, 2.24) is 19.2 Å². The first kappa shape index (κ1) is 16.0. The van der Waals surface area contributed by atoms with Crippen LogP contribution in [0.15, 0.2) is 46.3 Å². The number of nitrogens with zero attached hydrogens (tertiary/aromatic N) is 4. The van der Waals surface area contributed by atoms with Crippen LogP contribution in [-0.4, -0.2) is 31.2 Å². The van der Waals surface area contributed by atoms with Gasteiger partial charge in [-0.1, -0.05) is 42.1 Å². The number of ketones is 1. The summed E-state index contributed by atoms with van der Waals surface area (Å²) < 4.78 is 2.99. The van der Waals surface area contributed by atoms with E-state index in [1.807, 2.05) is 37.4 Å². The molecule has 6 nitrogen and oxygen atoms in total. The molecule has 0 atom stereocenters. The summed E-state index contributed by atoms with van der Waals surface area (Å²) >= 11 is 2.82. The van der Waals surface area contributed by atoms with Gasteiger partial charge in [-0.2, -0.15) is 0 Å². The predicted octanol–water partition coefficient (Wildman–Crippen LogP) is 3.02. The quantitative estimate of drug-likeness (QED) is 0.408. The summed E-state index contributed by atoms with van der Waals surface area (Å²) in [5.41, 5.74) is 0.462. The van der Waals surface area contributed by atoms with E-state index in [9.17, 15) is 9.59 Å². The minimum absolute atomic E-state index is 0.0381. The van der Waals surface area contributed by atoms with E-state index in [0.717, 1.165) is 4.88 Å². The van der Waals surface area contributed by atoms with Crippen molar-refractivity contribution in [1.29, 1.82) is 0 Å². The summed E-state index contributed by atoms with van der Waals surface area (Å²) in [4.78, 5) is 31.6. The fourth-order valence-corrected chi connectivity index (χ4v) is 4.11. The Kier molecular flexibility index (Phi) is 3.93. The first-order chi connectivity index (χ1) is 12.1. The van der Waals surface area contributed by atoms with Gasteiger partial charge >= 0.3 is 0 Å². The van der Waals surface area contributed by atoms with Gasteiger partial charge in [0.1, 0.15) is 11.4 Å². The number of thiophene rings is 1. The molecule has 0 fully saturated rings. The summed E-state index contributed by atoms with van der Waals surface area (Å²) in [6.45, 7) is 1.98. The van der Waals surface area contributed by atoms with Crippen molar-refractivity contribution in [3.8, 4) is 0 Å². The van der Waals surface area contributed by atoms with E-state index in [1.165, 1.54) is 32.2 Å². The summed E-state index contributed by atoms with van der Waals surface area (Å²) in [6, 6.07) is 10.9. The Bertz CT molecular complexity index is 1160. The van der Waals surface area contributed by atoms with E-state index in [-0.39, 0.29) is 17.9 Å². The number of thioether (sulfide) groups is 1. The third kappa shape index (κ3) is 2.67. The Labute approximate surface area is 151 Å². The number of carbonyl (C=O) groups is 1. The highest BCUT2D eigenvalue weighted by Gasteiger charge is 2.19. The summed E-state index contributed by atoms with van der Waals surface area (Å²) in [5.74, 6) is 0.322. The van der Waals surface area contributed by atoms with Crippen LogP contribution in [0.3, 0.4) is 0 Å². The van der Waals surface area contributed by atoms with Gasteiger partial charge in [-0.3, -0.25) is 9.59 Å². The standard InChI is InChI=1S/C17H14N4O2S2/c1-10-8-12-14(25-10)18-16-20(19-17(24-2)21(16)15(12)23)9-13(22)11-6-4-3-5-7-11/h3-8H,9H2,1-2H3. The molecular weight excluding hydrogens is 356 g/mol. The number of hydrogen-bond acceptors (Lipinski definition) is 6. The highest BCUT2D eigenvalue weighted by Crippen LogP contribution is 2.23. The van der Waals surface area contributed by atoms with E-state index in [1.54, 1.807) is 12.1 Å². The molecule has 0 amide bonds. The molecule has 0 aliphatic carbocycles. The monoisotopic (exact) mass is 370 g/mol. The fraction of sp³-hybridized carbons (Fsp3) is 0.176. The van der Waals surface area contributed by atoms with Gasteiger partial charge in [-0.15, -0.1) is 16.4 Å². The zero-order valence-electron chi connectivity index (χ0n) is 13.6. The van der Waals surface area contributed by atoms with Gasteiger partial charge < -0.3 is 0 Å². The molecule has 3 heterocycles. The second kappa shape index (κ2) is 6.12. The molecule has 4 aromatic rings. The number of benzene rings is 1. The van der Waals surface area contributed by atoms with Crippen LogP contribution in [0.25, 0.3) is 16.0 Å². The topological polar surface area (TPSA) is 69.3 Å². The second-order valence-corrected chi connectivity index (χ2v) is 7.57. The van der Waals surface area contributed by atoms with Gasteiger partial charge in [0, 0.05) is 10.4 Å². The van der Waals surface area contributed by atoms with Crippen molar-refractivity contribution >= 4 is 44.9 Å². The Hall–Kier alpha value is -2.45. The van der Waals surface area contributed by atoms with Crippen molar-refractivity contribution in [3.63, 3.8) is 0 Å². The van der Waals surface area contributed by atoms with E-state index in [2.05, 4.69) is 10.1 Å². The number of rotatable bonds is 4. The summed E-state index contributed by atoms with van der Waals surface area (Å²) in [6.07, 6.45) is 1.85. The normalized spacial score (nSPS) is 11.4. The van der Waals surface area contributed by atoms with Crippen LogP contribution < -0.4 is 5.56 Å². The summed E-state index contributed by atoms with van der Waals surface area (Å²) in [7, 11) is 0. The highest BCUT2D eigenvalue weighted by molar-refractivity contribution is 7.98. The Morgan fingerprint density at radius 3 is 2.76 bits per heavy atom. The van der Waals surface area contributed by atoms with Crippen molar-refractivity contribution in [2.45, 2.75) is 18.6 Å². The third-order valence-corrected chi connectivity index (χ3v) is 5.44. The molecule has 25 heavy (non-hydrogen) atoms. The molecule has 1 aromatic carbocycles. The van der Waals surface area contributed by atoms with Gasteiger partial charge in [0.05, 0.1) is 5.39 Å². The molecule has 0 aliphatic heterocycles. The second-order valence-electron chi connectivity index (χ2n) is 5.56. The van der Waals surface area contributed by atoms with Crippen LogP contribution in [0, 0.1) is 6.92 Å². The first-order valence-corrected chi connectivity index (χ1v) is 9.64. The van der Waals surface area contributed by atoms with Crippen molar-refractivity contribution < 1.29 is 4.79 Å². The molecule has 0 saturated heterocycles. The zero-order valence-corrected chi connectivity index (χ0v) is 15.2. The fourth-order valence-electron chi connectivity index (χ4n) is 2.72. The minimum Gasteiger partial charge on any atom is -0.292 e. The van der Waals surface area contributed by atoms with Crippen molar-refractivity contribution in [2.75, 3.05) is 6.26 Å². The van der Waals surface area contributed by atoms with E-state index < -0.39 is 0 Å². The first-order valence-electron chi connectivity index (χ1n) is 7.60. The lowest BCUT2D eigenvalue weighted by Gasteiger charge is -2.02. The maximum atomic E-state index is 12.8. The van der Waals surface area contributed by atoms with Crippen LogP contribution in [0.2, 0.25) is 0 Å². The lowest BCUT2D eigenvalue weighted by molar-refractivity contribution is 0.0968. The molecule has 0 aliphatic rings. The zero-order chi connectivity index (χ0) is 17.6. The number of fused-ring (bicyclic) bond motifs is 2. The molecule has 0 N–H and O–H groups in total.